The van der Waals surface area contributed by atoms with E-state index in [1.165, 1.54) is 0 Å². The third-order valence-electron chi connectivity index (χ3n) is 4.30. The summed E-state index contributed by atoms with van der Waals surface area (Å²) in [7, 11) is 0. The summed E-state index contributed by atoms with van der Waals surface area (Å²) in [6, 6.07) is 15.3. The van der Waals surface area contributed by atoms with E-state index in [1.807, 2.05) is 42.5 Å². The van der Waals surface area contributed by atoms with Crippen molar-refractivity contribution in [3.63, 3.8) is 0 Å². The zero-order valence-electron chi connectivity index (χ0n) is 13.4. The molecule has 1 aromatic carbocycles. The van der Waals surface area contributed by atoms with Gasteiger partial charge in [0.1, 0.15) is 16.8 Å². The van der Waals surface area contributed by atoms with Crippen LogP contribution >= 0.6 is 11.6 Å². The van der Waals surface area contributed by atoms with Crippen molar-refractivity contribution >= 4 is 23.3 Å². The number of carbonyl (C=O) groups excluding carboxylic acids is 1. The lowest BCUT2D eigenvalue weighted by molar-refractivity contribution is 0.0994. The Morgan fingerprint density at radius 2 is 1.84 bits per heavy atom. The molecule has 2 aromatic heterocycles. The summed E-state index contributed by atoms with van der Waals surface area (Å²) in [6.45, 7) is 1.94. The van der Waals surface area contributed by atoms with Gasteiger partial charge in [-0.25, -0.2) is 9.97 Å². The van der Waals surface area contributed by atoms with Crippen LogP contribution < -0.4 is 10.6 Å². The van der Waals surface area contributed by atoms with E-state index in [9.17, 15) is 4.79 Å². The van der Waals surface area contributed by atoms with Gasteiger partial charge < -0.3 is 15.2 Å². The molecule has 0 bridgehead atoms. The van der Waals surface area contributed by atoms with Gasteiger partial charge in [-0.05, 0) is 12.1 Å². The number of imidazole rings is 1. The number of nitrogens with two attached hydrogens (primary N) is 1. The van der Waals surface area contributed by atoms with Crippen LogP contribution in [-0.4, -0.2) is 27.0 Å². The fourth-order valence-corrected chi connectivity index (χ4v) is 3.30. The topological polar surface area (TPSA) is 77.0 Å². The normalized spacial score (nSPS) is 13.6. The maximum absolute atomic E-state index is 11.9. The monoisotopic (exact) mass is 353 g/mol. The first-order valence-corrected chi connectivity index (χ1v) is 8.33. The number of benzene rings is 1. The highest BCUT2D eigenvalue weighted by Crippen LogP contribution is 2.28. The molecule has 4 rings (SSSR count). The molecular weight excluding hydrogens is 338 g/mol. The van der Waals surface area contributed by atoms with Crippen molar-refractivity contribution in [2.45, 2.75) is 13.1 Å². The molecule has 0 saturated heterocycles. The average Bonchev–Trinajstić information content (AvgIpc) is 3.01. The largest absolute Gasteiger partial charge is 0.364 e. The van der Waals surface area contributed by atoms with Gasteiger partial charge >= 0.3 is 0 Å². The van der Waals surface area contributed by atoms with Crippen LogP contribution in [0.2, 0.25) is 5.15 Å². The van der Waals surface area contributed by atoms with E-state index < -0.39 is 5.91 Å². The Bertz CT molecular complexity index is 938. The Morgan fingerprint density at radius 3 is 2.56 bits per heavy atom. The summed E-state index contributed by atoms with van der Waals surface area (Å²) < 4.78 is 2.07. The third-order valence-corrected chi connectivity index (χ3v) is 4.51. The number of amides is 1. The molecular formula is C18H16ClN5O. The van der Waals surface area contributed by atoms with E-state index in [4.69, 9.17) is 17.3 Å². The van der Waals surface area contributed by atoms with E-state index in [1.54, 1.807) is 6.07 Å². The number of anilines is 1. The minimum atomic E-state index is -0.521. The molecule has 0 unspecified atom stereocenters. The number of nitrogens with zero attached hydrogens (tertiary/aromatic N) is 4. The predicted octanol–water partition coefficient (Wildman–Crippen LogP) is 2.72. The van der Waals surface area contributed by atoms with Crippen molar-refractivity contribution in [1.29, 1.82) is 0 Å². The van der Waals surface area contributed by atoms with Gasteiger partial charge in [-0.1, -0.05) is 48.0 Å². The number of halogens is 1. The fraction of sp³-hybridized carbons (Fsp3) is 0.167. The van der Waals surface area contributed by atoms with Crippen molar-refractivity contribution in [3.05, 3.63) is 65.1 Å². The number of hydrogen-bond acceptors (Lipinski definition) is 4. The lowest BCUT2D eigenvalue weighted by atomic mass is 10.2. The van der Waals surface area contributed by atoms with E-state index in [-0.39, 0.29) is 0 Å². The molecule has 0 atom stereocenters. The smallest absolute Gasteiger partial charge is 0.269 e. The molecule has 6 nitrogen and oxygen atoms in total. The van der Waals surface area contributed by atoms with Gasteiger partial charge in [0.05, 0.1) is 12.2 Å². The maximum atomic E-state index is 11.9. The van der Waals surface area contributed by atoms with Crippen molar-refractivity contribution in [1.82, 2.24) is 14.5 Å². The van der Waals surface area contributed by atoms with Gasteiger partial charge in [0.2, 0.25) is 0 Å². The maximum Gasteiger partial charge on any atom is 0.269 e. The minimum absolute atomic E-state index is 0.311. The Labute approximate surface area is 149 Å². The van der Waals surface area contributed by atoms with Crippen molar-refractivity contribution in [2.24, 2.45) is 5.73 Å². The standard InChI is InChI=1S/C18H16ClN5O/c19-14-7-4-8-15(21-14)23-9-10-24-13(11-23)16(17(20)25)22-18(24)12-5-2-1-3-6-12/h1-8H,9-11H2,(H2,20,25). The summed E-state index contributed by atoms with van der Waals surface area (Å²) in [6.07, 6.45) is 0. The summed E-state index contributed by atoms with van der Waals surface area (Å²) in [4.78, 5) is 22.9. The molecule has 0 saturated carbocycles. The van der Waals surface area contributed by atoms with Crippen LogP contribution in [0.15, 0.2) is 48.5 Å². The van der Waals surface area contributed by atoms with Crippen LogP contribution in [0, 0.1) is 0 Å². The van der Waals surface area contributed by atoms with E-state index in [2.05, 4.69) is 19.4 Å². The highest BCUT2D eigenvalue weighted by molar-refractivity contribution is 6.29. The van der Waals surface area contributed by atoms with E-state index >= 15 is 0 Å². The average molecular weight is 354 g/mol. The second-order valence-corrected chi connectivity index (χ2v) is 6.24. The zero-order chi connectivity index (χ0) is 17.4. The number of fused-ring (bicyclic) bond motifs is 1. The molecule has 3 aromatic rings. The number of primary amides is 1. The van der Waals surface area contributed by atoms with Crippen LogP contribution in [-0.2, 0) is 13.1 Å². The van der Waals surface area contributed by atoms with Crippen molar-refractivity contribution < 1.29 is 4.79 Å². The Kier molecular flexibility index (Phi) is 3.89. The molecule has 1 aliphatic rings. The Morgan fingerprint density at radius 1 is 1.04 bits per heavy atom. The zero-order valence-corrected chi connectivity index (χ0v) is 14.1. The molecule has 0 radical (unpaired) electrons. The molecule has 7 heteroatoms. The highest BCUT2D eigenvalue weighted by Gasteiger charge is 2.27. The summed E-state index contributed by atoms with van der Waals surface area (Å²) in [5, 5.41) is 0.441. The molecule has 3 heterocycles. The first-order valence-electron chi connectivity index (χ1n) is 7.95. The molecule has 1 aliphatic heterocycles. The molecule has 25 heavy (non-hydrogen) atoms. The van der Waals surface area contributed by atoms with Crippen molar-refractivity contribution in [2.75, 3.05) is 11.4 Å². The van der Waals surface area contributed by atoms with E-state index in [0.29, 0.717) is 23.9 Å². The summed E-state index contributed by atoms with van der Waals surface area (Å²) in [5.74, 6) is 1.02. The van der Waals surface area contributed by atoms with Gasteiger partial charge in [-0.15, -0.1) is 0 Å². The SMILES string of the molecule is NC(=O)c1nc(-c2ccccc2)n2c1CN(c1cccc(Cl)n1)CC2. The summed E-state index contributed by atoms with van der Waals surface area (Å²) in [5.41, 5.74) is 7.65. The third kappa shape index (κ3) is 2.85. The fourth-order valence-electron chi connectivity index (χ4n) is 3.14. The van der Waals surface area contributed by atoms with Crippen LogP contribution in [0.25, 0.3) is 11.4 Å². The van der Waals surface area contributed by atoms with Gasteiger partial charge in [0, 0.05) is 18.7 Å². The number of rotatable bonds is 3. The number of pyridine rings is 1. The van der Waals surface area contributed by atoms with Crippen LogP contribution in [0.4, 0.5) is 5.82 Å². The van der Waals surface area contributed by atoms with Crippen LogP contribution in [0.5, 0.6) is 0 Å². The van der Waals surface area contributed by atoms with Gasteiger partial charge in [0.15, 0.2) is 5.69 Å². The first kappa shape index (κ1) is 15.7. The van der Waals surface area contributed by atoms with Crippen LogP contribution in [0.1, 0.15) is 16.2 Å². The minimum Gasteiger partial charge on any atom is -0.364 e. The molecule has 2 N–H and O–H groups in total. The van der Waals surface area contributed by atoms with Gasteiger partial charge in [-0.3, -0.25) is 4.79 Å². The molecule has 0 fully saturated rings. The predicted molar refractivity (Wildman–Crippen MR) is 96.5 cm³/mol. The molecule has 1 amide bonds. The highest BCUT2D eigenvalue weighted by atomic mass is 35.5. The van der Waals surface area contributed by atoms with E-state index in [0.717, 1.165) is 29.4 Å². The molecule has 126 valence electrons. The summed E-state index contributed by atoms with van der Waals surface area (Å²) >= 11 is 6.00. The Balaban J connectivity index is 1.77. The molecule has 0 spiro atoms. The lowest BCUT2D eigenvalue weighted by Crippen LogP contribution is -2.35. The number of carbonyl (C=O) groups is 1. The van der Waals surface area contributed by atoms with Crippen molar-refractivity contribution in [3.8, 4) is 11.4 Å². The molecule has 0 aliphatic carbocycles. The number of aromatic nitrogens is 3. The van der Waals surface area contributed by atoms with Gasteiger partial charge in [0.25, 0.3) is 5.91 Å². The Hall–Kier alpha value is -2.86. The van der Waals surface area contributed by atoms with Crippen LogP contribution in [0.3, 0.4) is 0 Å². The lowest BCUT2D eigenvalue weighted by Gasteiger charge is -2.30. The first-order chi connectivity index (χ1) is 12.1. The quantitative estimate of drug-likeness (QED) is 0.734. The number of hydrogen-bond donors (Lipinski definition) is 1. The second-order valence-electron chi connectivity index (χ2n) is 5.85. The van der Waals surface area contributed by atoms with Gasteiger partial charge in [-0.2, -0.15) is 0 Å². The second kappa shape index (κ2) is 6.22.